The molecule has 0 spiro atoms. The first-order valence-corrected chi connectivity index (χ1v) is 7.99. The number of aromatic hydroxyl groups is 1. The fourth-order valence-corrected chi connectivity index (χ4v) is 2.85. The fourth-order valence-electron chi connectivity index (χ4n) is 2.85. The molecule has 1 aliphatic heterocycles. The predicted octanol–water partition coefficient (Wildman–Crippen LogP) is 2.87. The molecular formula is C18H23N3O2. The van der Waals surface area contributed by atoms with Crippen LogP contribution in [0.25, 0.3) is 0 Å². The number of rotatable bonds is 4. The standard InChI is InChI=1S/C18H23N3O2/c1-12(2)18-19-9-14-11-21(7-6-16(14)20-18)10-13-4-5-15(23-3)8-17(13)22/h4-5,8-9,12,22H,6-7,10-11H2,1-3H3. The van der Waals surface area contributed by atoms with Gasteiger partial charge in [0.25, 0.3) is 0 Å². The lowest BCUT2D eigenvalue weighted by molar-refractivity contribution is 0.239. The second-order valence-corrected chi connectivity index (χ2v) is 6.31. The van der Waals surface area contributed by atoms with Gasteiger partial charge in [-0.1, -0.05) is 19.9 Å². The summed E-state index contributed by atoms with van der Waals surface area (Å²) < 4.78 is 5.13. The maximum absolute atomic E-state index is 10.1. The molecule has 0 amide bonds. The van der Waals surface area contributed by atoms with Crippen LogP contribution in [-0.4, -0.2) is 33.6 Å². The summed E-state index contributed by atoms with van der Waals surface area (Å²) in [6.45, 7) is 6.69. The molecule has 5 heteroatoms. The summed E-state index contributed by atoms with van der Waals surface area (Å²) in [7, 11) is 1.60. The van der Waals surface area contributed by atoms with E-state index in [1.165, 1.54) is 11.3 Å². The van der Waals surface area contributed by atoms with Gasteiger partial charge in [0.05, 0.1) is 7.11 Å². The van der Waals surface area contributed by atoms with Crippen LogP contribution in [0, 0.1) is 0 Å². The Bertz CT molecular complexity index is 701. The Labute approximate surface area is 137 Å². The van der Waals surface area contributed by atoms with Crippen molar-refractivity contribution in [2.75, 3.05) is 13.7 Å². The number of benzene rings is 1. The Morgan fingerprint density at radius 1 is 1.35 bits per heavy atom. The fraction of sp³-hybridized carbons (Fsp3) is 0.444. The molecule has 0 aliphatic carbocycles. The summed E-state index contributed by atoms with van der Waals surface area (Å²) in [5.41, 5.74) is 3.27. The first-order chi connectivity index (χ1) is 11.1. The van der Waals surface area contributed by atoms with Crippen LogP contribution in [0.4, 0.5) is 0 Å². The molecule has 3 rings (SSSR count). The van der Waals surface area contributed by atoms with Gasteiger partial charge >= 0.3 is 0 Å². The van der Waals surface area contributed by atoms with Crippen LogP contribution >= 0.6 is 0 Å². The summed E-state index contributed by atoms with van der Waals surface area (Å²) >= 11 is 0. The molecule has 2 heterocycles. The summed E-state index contributed by atoms with van der Waals surface area (Å²) in [5.74, 6) is 2.23. The van der Waals surface area contributed by atoms with Gasteiger partial charge in [-0.3, -0.25) is 4.90 Å². The van der Waals surface area contributed by atoms with Gasteiger partial charge in [-0.2, -0.15) is 0 Å². The number of phenolic OH excluding ortho intramolecular Hbond substituents is 1. The number of nitrogens with zero attached hydrogens (tertiary/aromatic N) is 3. The summed E-state index contributed by atoms with van der Waals surface area (Å²) in [4.78, 5) is 11.5. The van der Waals surface area contributed by atoms with E-state index in [1.807, 2.05) is 18.3 Å². The molecule has 1 aromatic heterocycles. The van der Waals surface area contributed by atoms with E-state index in [4.69, 9.17) is 9.72 Å². The smallest absolute Gasteiger partial charge is 0.131 e. The van der Waals surface area contributed by atoms with Gasteiger partial charge in [-0.25, -0.2) is 9.97 Å². The first kappa shape index (κ1) is 15.7. The third kappa shape index (κ3) is 3.45. The van der Waals surface area contributed by atoms with E-state index >= 15 is 0 Å². The molecule has 0 saturated carbocycles. The minimum absolute atomic E-state index is 0.279. The number of ether oxygens (including phenoxy) is 1. The third-order valence-corrected chi connectivity index (χ3v) is 4.23. The molecular weight excluding hydrogens is 290 g/mol. The largest absolute Gasteiger partial charge is 0.507 e. The predicted molar refractivity (Wildman–Crippen MR) is 88.6 cm³/mol. The highest BCUT2D eigenvalue weighted by Crippen LogP contribution is 2.26. The van der Waals surface area contributed by atoms with Crippen LogP contribution in [-0.2, 0) is 19.5 Å². The average molecular weight is 313 g/mol. The highest BCUT2D eigenvalue weighted by atomic mass is 16.5. The van der Waals surface area contributed by atoms with Gasteiger partial charge < -0.3 is 9.84 Å². The van der Waals surface area contributed by atoms with E-state index in [9.17, 15) is 5.11 Å². The van der Waals surface area contributed by atoms with Crippen molar-refractivity contribution in [3.05, 3.63) is 47.0 Å². The van der Waals surface area contributed by atoms with Crippen molar-refractivity contribution in [1.29, 1.82) is 0 Å². The highest BCUT2D eigenvalue weighted by Gasteiger charge is 2.20. The van der Waals surface area contributed by atoms with Crippen LogP contribution in [0.3, 0.4) is 0 Å². The van der Waals surface area contributed by atoms with Crippen LogP contribution in [0.15, 0.2) is 24.4 Å². The van der Waals surface area contributed by atoms with Crippen molar-refractivity contribution >= 4 is 0 Å². The van der Waals surface area contributed by atoms with E-state index in [2.05, 4.69) is 23.7 Å². The molecule has 5 nitrogen and oxygen atoms in total. The van der Waals surface area contributed by atoms with Gasteiger partial charge in [0.2, 0.25) is 0 Å². The average Bonchev–Trinajstić information content (AvgIpc) is 2.56. The van der Waals surface area contributed by atoms with Gasteiger partial charge in [0.1, 0.15) is 17.3 Å². The zero-order chi connectivity index (χ0) is 16.4. The van der Waals surface area contributed by atoms with E-state index in [0.29, 0.717) is 18.2 Å². The lowest BCUT2D eigenvalue weighted by atomic mass is 10.0. The topological polar surface area (TPSA) is 58.5 Å². The van der Waals surface area contributed by atoms with Gasteiger partial charge in [-0.05, 0) is 6.07 Å². The molecule has 2 aromatic rings. The van der Waals surface area contributed by atoms with Gasteiger partial charge in [0, 0.05) is 61.1 Å². The quantitative estimate of drug-likeness (QED) is 0.940. The van der Waals surface area contributed by atoms with Crippen molar-refractivity contribution in [3.63, 3.8) is 0 Å². The Hall–Kier alpha value is -2.14. The third-order valence-electron chi connectivity index (χ3n) is 4.23. The summed E-state index contributed by atoms with van der Waals surface area (Å²) in [6, 6.07) is 5.46. The van der Waals surface area contributed by atoms with Gasteiger partial charge in [0.15, 0.2) is 0 Å². The number of phenols is 1. The highest BCUT2D eigenvalue weighted by molar-refractivity contribution is 5.39. The zero-order valence-electron chi connectivity index (χ0n) is 13.9. The lowest BCUT2D eigenvalue weighted by Crippen LogP contribution is -2.31. The summed E-state index contributed by atoms with van der Waals surface area (Å²) in [6.07, 6.45) is 2.88. The number of aromatic nitrogens is 2. The number of hydrogen-bond donors (Lipinski definition) is 1. The minimum Gasteiger partial charge on any atom is -0.507 e. The van der Waals surface area contributed by atoms with Crippen molar-refractivity contribution in [2.24, 2.45) is 0 Å². The second kappa shape index (κ2) is 6.54. The molecule has 0 radical (unpaired) electrons. The SMILES string of the molecule is COc1ccc(CN2CCc3nc(C(C)C)ncc3C2)c(O)c1. The van der Waals surface area contributed by atoms with Crippen LogP contribution in [0.5, 0.6) is 11.5 Å². The van der Waals surface area contributed by atoms with Crippen molar-refractivity contribution < 1.29 is 9.84 Å². The molecule has 23 heavy (non-hydrogen) atoms. The van der Waals surface area contributed by atoms with Gasteiger partial charge in [-0.15, -0.1) is 0 Å². The molecule has 0 atom stereocenters. The molecule has 1 aliphatic rings. The molecule has 0 saturated heterocycles. The Balaban J connectivity index is 1.72. The first-order valence-electron chi connectivity index (χ1n) is 7.99. The zero-order valence-corrected chi connectivity index (χ0v) is 13.9. The van der Waals surface area contributed by atoms with E-state index in [1.54, 1.807) is 13.2 Å². The molecule has 0 unspecified atom stereocenters. The molecule has 1 N–H and O–H groups in total. The van der Waals surface area contributed by atoms with Crippen LogP contribution in [0.2, 0.25) is 0 Å². The minimum atomic E-state index is 0.279. The lowest BCUT2D eigenvalue weighted by Gasteiger charge is -2.28. The molecule has 122 valence electrons. The van der Waals surface area contributed by atoms with E-state index in [0.717, 1.165) is 30.9 Å². The molecule has 0 bridgehead atoms. The van der Waals surface area contributed by atoms with Crippen LogP contribution in [0.1, 0.15) is 42.4 Å². The Morgan fingerprint density at radius 2 is 2.17 bits per heavy atom. The summed E-state index contributed by atoms with van der Waals surface area (Å²) in [5, 5.41) is 10.1. The maximum atomic E-state index is 10.1. The maximum Gasteiger partial charge on any atom is 0.131 e. The Kier molecular flexibility index (Phi) is 4.48. The number of fused-ring (bicyclic) bond motifs is 1. The van der Waals surface area contributed by atoms with Crippen LogP contribution < -0.4 is 4.74 Å². The van der Waals surface area contributed by atoms with E-state index < -0.39 is 0 Å². The Morgan fingerprint density at radius 3 is 2.87 bits per heavy atom. The second-order valence-electron chi connectivity index (χ2n) is 6.31. The number of methoxy groups -OCH3 is 1. The van der Waals surface area contributed by atoms with E-state index in [-0.39, 0.29) is 5.75 Å². The molecule has 0 fully saturated rings. The monoisotopic (exact) mass is 313 g/mol. The van der Waals surface area contributed by atoms with Crippen molar-refractivity contribution in [3.8, 4) is 11.5 Å². The molecule has 1 aromatic carbocycles. The number of hydrogen-bond acceptors (Lipinski definition) is 5. The van der Waals surface area contributed by atoms with Crippen molar-refractivity contribution in [1.82, 2.24) is 14.9 Å². The van der Waals surface area contributed by atoms with Crippen molar-refractivity contribution in [2.45, 2.75) is 39.3 Å². The normalized spacial score (nSPS) is 14.8.